The summed E-state index contributed by atoms with van der Waals surface area (Å²) < 4.78 is 73.6. The van der Waals surface area contributed by atoms with Crippen LogP contribution in [0.1, 0.15) is 29.8 Å². The van der Waals surface area contributed by atoms with Gasteiger partial charge in [0.15, 0.2) is 11.5 Å². The molecule has 8 nitrogen and oxygen atoms in total. The summed E-state index contributed by atoms with van der Waals surface area (Å²) in [6.45, 7) is 3.74. The number of nitrogens with zero attached hydrogens (tertiary/aromatic N) is 3. The lowest BCUT2D eigenvalue weighted by atomic mass is 10.0. The van der Waals surface area contributed by atoms with Crippen molar-refractivity contribution in [3.05, 3.63) is 42.5 Å². The average Bonchev–Trinajstić information content (AvgIpc) is 2.85. The van der Waals surface area contributed by atoms with Gasteiger partial charge in [-0.15, -0.1) is 0 Å². The van der Waals surface area contributed by atoms with Crippen LogP contribution >= 0.6 is 0 Å². The Bertz CT molecular complexity index is 1370. The second-order valence-corrected chi connectivity index (χ2v) is 9.36. The van der Waals surface area contributed by atoms with Crippen LogP contribution in [0.15, 0.2) is 36.7 Å². The van der Waals surface area contributed by atoms with Crippen LogP contribution in [0.3, 0.4) is 0 Å². The number of anilines is 1. The minimum atomic E-state index is -4.69. The Kier molecular flexibility index (Phi) is 6.31. The van der Waals surface area contributed by atoms with Crippen LogP contribution in [-0.4, -0.2) is 62.8 Å². The first kappa shape index (κ1) is 20.4. The number of halogens is 1. The number of likely N-dealkylation sites (tertiary alicyclic amines) is 1. The van der Waals surface area contributed by atoms with Gasteiger partial charge in [-0.1, -0.05) is 6.42 Å². The number of hydrogen-bond donors (Lipinski definition) is 1. The van der Waals surface area contributed by atoms with Crippen LogP contribution in [0.4, 0.5) is 10.1 Å². The molecule has 34 heavy (non-hydrogen) atoms. The van der Waals surface area contributed by atoms with E-state index in [4.69, 9.17) is 13.6 Å². The lowest BCUT2D eigenvalue weighted by Gasteiger charge is -2.26. The van der Waals surface area contributed by atoms with Gasteiger partial charge in [-0.25, -0.2) is 22.8 Å². The van der Waals surface area contributed by atoms with E-state index >= 15 is 4.39 Å². The van der Waals surface area contributed by atoms with Gasteiger partial charge in [0, 0.05) is 27.7 Å². The zero-order valence-electron chi connectivity index (χ0n) is 21.9. The highest BCUT2D eigenvalue weighted by Gasteiger charge is 2.16. The molecule has 0 spiro atoms. The Morgan fingerprint density at radius 3 is 2.71 bits per heavy atom. The summed E-state index contributed by atoms with van der Waals surface area (Å²) in [5, 5.41) is 0.509. The summed E-state index contributed by atoms with van der Waals surface area (Å²) in [7, 11) is -3.17. The number of ether oxygens (including phenoxy) is 2. The smallest absolute Gasteiger partial charge is 0.229 e. The third-order valence-electron chi connectivity index (χ3n) is 5.72. The maximum atomic E-state index is 15.1. The van der Waals surface area contributed by atoms with Crippen molar-refractivity contribution < 1.29 is 26.4 Å². The van der Waals surface area contributed by atoms with Crippen LogP contribution < -0.4 is 14.2 Å². The number of hydrogen-bond acceptors (Lipinski definition) is 7. The first-order valence-corrected chi connectivity index (χ1v) is 12.6. The molecule has 2 heterocycles. The fraction of sp³-hybridized carbons (Fsp3) is 0.417. The number of rotatable bonds is 9. The number of fused-ring (bicyclic) bond motifs is 1. The number of methoxy groups -OCH3 is 1. The Morgan fingerprint density at radius 1 is 1.15 bits per heavy atom. The fourth-order valence-electron chi connectivity index (χ4n) is 4.13. The van der Waals surface area contributed by atoms with Gasteiger partial charge in [-0.3, -0.25) is 4.72 Å². The van der Waals surface area contributed by atoms with E-state index in [1.54, 1.807) is 12.1 Å². The molecule has 0 atom stereocenters. The highest BCUT2D eigenvalue weighted by Crippen LogP contribution is 2.36. The molecule has 1 aliphatic rings. The molecule has 0 unspecified atom stereocenters. The van der Waals surface area contributed by atoms with Crippen LogP contribution in [-0.2, 0) is 10.0 Å². The van der Waals surface area contributed by atoms with Gasteiger partial charge >= 0.3 is 0 Å². The first-order valence-electron chi connectivity index (χ1n) is 12.6. The molecule has 2 aromatic carbocycles. The highest BCUT2D eigenvalue weighted by molar-refractivity contribution is 7.92. The average molecular weight is 492 g/mol. The molecule has 182 valence electrons. The van der Waals surface area contributed by atoms with E-state index in [9.17, 15) is 8.42 Å². The number of aromatic nitrogens is 2. The molecule has 1 saturated heterocycles. The molecule has 0 saturated carbocycles. The van der Waals surface area contributed by atoms with Gasteiger partial charge in [0.05, 0.1) is 36.8 Å². The summed E-state index contributed by atoms with van der Waals surface area (Å²) in [6.07, 6.45) is 2.66. The van der Waals surface area contributed by atoms with Crippen molar-refractivity contribution >= 4 is 26.6 Å². The van der Waals surface area contributed by atoms with E-state index in [-0.39, 0.29) is 16.9 Å². The molecule has 1 aromatic heterocycles. The van der Waals surface area contributed by atoms with E-state index < -0.39 is 22.0 Å². The first-order chi connectivity index (χ1) is 17.6. The summed E-state index contributed by atoms with van der Waals surface area (Å²) in [4.78, 5) is 11.0. The van der Waals surface area contributed by atoms with Gasteiger partial charge in [-0.2, -0.15) is 0 Å². The fourth-order valence-corrected chi connectivity index (χ4v) is 4.57. The second kappa shape index (κ2) is 10.5. The van der Waals surface area contributed by atoms with Crippen molar-refractivity contribution in [1.82, 2.24) is 14.9 Å². The quantitative estimate of drug-likeness (QED) is 0.451. The van der Waals surface area contributed by atoms with Crippen molar-refractivity contribution in [1.29, 1.82) is 0 Å². The van der Waals surface area contributed by atoms with Crippen LogP contribution in [0.5, 0.6) is 11.5 Å². The molecular weight excluding hydrogens is 459 g/mol. The number of nitrogens with one attached hydrogen (secondary N) is 1. The Labute approximate surface area is 203 Å². The second-order valence-electron chi connectivity index (χ2n) is 8.15. The van der Waals surface area contributed by atoms with Crippen molar-refractivity contribution in [2.75, 3.05) is 44.3 Å². The van der Waals surface area contributed by atoms with Crippen molar-refractivity contribution in [3.8, 4) is 22.8 Å². The van der Waals surface area contributed by atoms with Gasteiger partial charge in [0.25, 0.3) is 0 Å². The summed E-state index contributed by atoms with van der Waals surface area (Å²) >= 11 is 0. The zero-order valence-corrected chi connectivity index (χ0v) is 19.7. The van der Waals surface area contributed by atoms with E-state index in [2.05, 4.69) is 14.9 Å². The van der Waals surface area contributed by atoms with E-state index in [0.717, 1.165) is 32.1 Å². The molecule has 3 aromatic rings. The maximum absolute atomic E-state index is 15.1. The van der Waals surface area contributed by atoms with Crippen LogP contribution in [0.25, 0.3) is 22.2 Å². The lowest BCUT2D eigenvalue weighted by molar-refractivity contribution is 0.203. The molecule has 4 rings (SSSR count). The predicted molar refractivity (Wildman–Crippen MR) is 130 cm³/mol. The molecule has 0 aliphatic carbocycles. The molecule has 1 aliphatic heterocycles. The molecule has 0 radical (unpaired) electrons. The summed E-state index contributed by atoms with van der Waals surface area (Å²) in [5.74, 6) is 0.180. The summed E-state index contributed by atoms with van der Waals surface area (Å²) in [5.41, 5.74) is 0.654. The molecule has 0 amide bonds. The molecule has 10 heteroatoms. The van der Waals surface area contributed by atoms with Gasteiger partial charge in [0.1, 0.15) is 12.1 Å². The number of sulfonamides is 1. The number of benzene rings is 2. The third kappa shape index (κ3) is 5.92. The van der Waals surface area contributed by atoms with Gasteiger partial charge in [-0.05, 0) is 56.6 Å². The van der Waals surface area contributed by atoms with Crippen molar-refractivity contribution in [2.24, 2.45) is 0 Å². The molecule has 0 bridgehead atoms. The van der Waals surface area contributed by atoms with Crippen LogP contribution in [0, 0.1) is 5.82 Å². The Morgan fingerprint density at radius 2 is 1.97 bits per heavy atom. The normalized spacial score (nSPS) is 16.5. The topological polar surface area (TPSA) is 93.7 Å². The van der Waals surface area contributed by atoms with Crippen molar-refractivity contribution in [3.63, 3.8) is 0 Å². The Balaban J connectivity index is 1.55. The van der Waals surface area contributed by atoms with E-state index in [0.29, 0.717) is 29.0 Å². The Hall–Kier alpha value is -2.98. The largest absolute Gasteiger partial charge is 0.493 e. The lowest BCUT2D eigenvalue weighted by Crippen LogP contribution is -2.31. The van der Waals surface area contributed by atoms with Gasteiger partial charge < -0.3 is 14.4 Å². The predicted octanol–water partition coefficient (Wildman–Crippen LogP) is 4.07. The SMILES string of the molecule is [2H]C([2H])([2H])S(=O)(=O)Nc1ccc(-c2ncnc3cc(OCCCN4CCCCC4)c(OC)cc23)c(F)c1. The maximum Gasteiger partial charge on any atom is 0.229 e. The van der Waals surface area contributed by atoms with Crippen molar-refractivity contribution in [2.45, 2.75) is 25.7 Å². The third-order valence-corrected chi connectivity index (χ3v) is 6.23. The molecular formula is C24H29FN4O4S. The highest BCUT2D eigenvalue weighted by atomic mass is 32.2. The standard InChI is InChI=1S/C24H29FN4O4S/c1-32-22-14-19-21(15-23(22)33-12-6-11-29-9-4-3-5-10-29)26-16-27-24(19)18-8-7-17(13-20(18)25)28-34(2,30)31/h7-8,13-16,28H,3-6,9-12H2,1-2H3/i2D3. The van der Waals surface area contributed by atoms with Gasteiger partial charge in [0.2, 0.25) is 10.0 Å². The number of piperidine rings is 1. The minimum Gasteiger partial charge on any atom is -0.493 e. The monoisotopic (exact) mass is 491 g/mol. The van der Waals surface area contributed by atoms with E-state index in [1.165, 1.54) is 44.8 Å². The van der Waals surface area contributed by atoms with Crippen LogP contribution in [0.2, 0.25) is 0 Å². The molecule has 1 fully saturated rings. The minimum absolute atomic E-state index is 0.0847. The summed E-state index contributed by atoms with van der Waals surface area (Å²) in [6, 6.07) is 6.90. The van der Waals surface area contributed by atoms with E-state index in [1.807, 2.05) is 4.72 Å². The molecule has 1 N–H and O–H groups in total. The zero-order chi connectivity index (χ0) is 26.6.